The van der Waals surface area contributed by atoms with Gasteiger partial charge >= 0.3 is 0 Å². The van der Waals surface area contributed by atoms with Crippen molar-refractivity contribution in [3.63, 3.8) is 0 Å². The molecular formula is C10H22N2O. The highest BCUT2D eigenvalue weighted by Crippen LogP contribution is 2.16. The monoisotopic (exact) mass is 186 g/mol. The lowest BCUT2D eigenvalue weighted by atomic mass is 9.92. The Labute approximate surface area is 80.7 Å². The Kier molecular flexibility index (Phi) is 4.70. The molecule has 0 aromatic heterocycles. The molecule has 3 heteroatoms. The van der Waals surface area contributed by atoms with E-state index in [2.05, 4.69) is 5.32 Å². The van der Waals surface area contributed by atoms with Gasteiger partial charge < -0.3 is 16.2 Å². The summed E-state index contributed by atoms with van der Waals surface area (Å²) in [7, 11) is 0. The maximum absolute atomic E-state index is 9.35. The number of hydrogen-bond acceptors (Lipinski definition) is 3. The van der Waals surface area contributed by atoms with Crippen molar-refractivity contribution in [2.45, 2.75) is 57.2 Å². The predicted molar refractivity (Wildman–Crippen MR) is 54.5 cm³/mol. The zero-order chi connectivity index (χ0) is 9.68. The minimum absolute atomic E-state index is 0.185. The van der Waals surface area contributed by atoms with Gasteiger partial charge in [0.05, 0.1) is 6.10 Å². The van der Waals surface area contributed by atoms with E-state index in [4.69, 9.17) is 5.73 Å². The fourth-order valence-corrected chi connectivity index (χ4v) is 1.77. The number of hydrogen-bond donors (Lipinski definition) is 3. The van der Waals surface area contributed by atoms with E-state index < -0.39 is 0 Å². The molecule has 13 heavy (non-hydrogen) atoms. The summed E-state index contributed by atoms with van der Waals surface area (Å²) in [5.74, 6) is 0. The summed E-state index contributed by atoms with van der Waals surface area (Å²) in [6, 6.07) is 0.996. The molecule has 0 aliphatic heterocycles. The Bertz CT molecular complexity index is 133. The van der Waals surface area contributed by atoms with Crippen molar-refractivity contribution in [1.82, 2.24) is 5.32 Å². The normalized spacial score (nSPS) is 31.6. The van der Waals surface area contributed by atoms with Crippen LogP contribution in [0.3, 0.4) is 0 Å². The summed E-state index contributed by atoms with van der Waals surface area (Å²) >= 11 is 0. The molecular weight excluding hydrogens is 164 g/mol. The molecule has 0 heterocycles. The van der Waals surface area contributed by atoms with Crippen LogP contribution >= 0.6 is 0 Å². The van der Waals surface area contributed by atoms with Crippen LogP contribution < -0.4 is 11.1 Å². The molecule has 0 bridgehead atoms. The van der Waals surface area contributed by atoms with E-state index in [1.54, 1.807) is 0 Å². The second-order valence-corrected chi connectivity index (χ2v) is 4.08. The molecule has 1 saturated carbocycles. The van der Waals surface area contributed by atoms with Crippen LogP contribution in [0, 0.1) is 0 Å². The van der Waals surface area contributed by atoms with Gasteiger partial charge in [-0.15, -0.1) is 0 Å². The zero-order valence-corrected chi connectivity index (χ0v) is 8.50. The highest BCUT2D eigenvalue weighted by molar-refractivity contribution is 4.79. The molecule has 3 nitrogen and oxygen atoms in total. The lowest BCUT2D eigenvalue weighted by Crippen LogP contribution is -2.40. The molecule has 0 spiro atoms. The zero-order valence-electron chi connectivity index (χ0n) is 8.50. The Morgan fingerprint density at radius 3 is 2.54 bits per heavy atom. The summed E-state index contributed by atoms with van der Waals surface area (Å²) in [6.07, 6.45) is 5.23. The summed E-state index contributed by atoms with van der Waals surface area (Å²) < 4.78 is 0. The van der Waals surface area contributed by atoms with Crippen molar-refractivity contribution >= 4 is 0 Å². The molecule has 0 saturated heterocycles. The van der Waals surface area contributed by atoms with E-state index in [0.717, 1.165) is 38.6 Å². The van der Waals surface area contributed by atoms with Gasteiger partial charge in [-0.2, -0.15) is 0 Å². The van der Waals surface area contributed by atoms with Crippen molar-refractivity contribution in [2.24, 2.45) is 5.73 Å². The number of nitrogens with two attached hydrogens (primary N) is 1. The summed E-state index contributed by atoms with van der Waals surface area (Å²) in [4.78, 5) is 0. The average Bonchev–Trinajstić information content (AvgIpc) is 2.16. The highest BCUT2D eigenvalue weighted by atomic mass is 16.3. The van der Waals surface area contributed by atoms with E-state index in [9.17, 15) is 5.11 Å². The second-order valence-electron chi connectivity index (χ2n) is 4.08. The van der Waals surface area contributed by atoms with Gasteiger partial charge in [0.25, 0.3) is 0 Å². The Morgan fingerprint density at radius 1 is 1.38 bits per heavy atom. The van der Waals surface area contributed by atoms with Gasteiger partial charge in [0.15, 0.2) is 0 Å². The summed E-state index contributed by atoms with van der Waals surface area (Å²) in [5, 5.41) is 12.7. The quantitative estimate of drug-likeness (QED) is 0.603. The average molecular weight is 186 g/mol. The van der Waals surface area contributed by atoms with E-state index in [1.165, 1.54) is 0 Å². The van der Waals surface area contributed by atoms with Crippen LogP contribution in [0.2, 0.25) is 0 Å². The number of aliphatic hydroxyl groups excluding tert-OH is 1. The largest absolute Gasteiger partial charge is 0.392 e. The van der Waals surface area contributed by atoms with Crippen LogP contribution in [0.25, 0.3) is 0 Å². The van der Waals surface area contributed by atoms with Crippen LogP contribution in [0.5, 0.6) is 0 Å². The van der Waals surface area contributed by atoms with Gasteiger partial charge in [-0.05, 0) is 32.1 Å². The molecule has 1 fully saturated rings. The molecule has 1 aliphatic carbocycles. The fraction of sp³-hybridized carbons (Fsp3) is 1.00. The van der Waals surface area contributed by atoms with Gasteiger partial charge in [-0.1, -0.05) is 6.92 Å². The first-order valence-corrected chi connectivity index (χ1v) is 5.39. The second kappa shape index (κ2) is 5.58. The number of nitrogens with one attached hydrogen (secondary N) is 1. The van der Waals surface area contributed by atoms with Gasteiger partial charge in [-0.3, -0.25) is 0 Å². The lowest BCUT2D eigenvalue weighted by molar-refractivity contribution is 0.158. The van der Waals surface area contributed by atoms with E-state index in [-0.39, 0.29) is 6.10 Å². The number of aliphatic hydroxyl groups is 1. The molecule has 1 atom stereocenters. The van der Waals surface area contributed by atoms with Crippen LogP contribution in [-0.4, -0.2) is 29.8 Å². The third kappa shape index (κ3) is 4.07. The lowest BCUT2D eigenvalue weighted by Gasteiger charge is -2.27. The van der Waals surface area contributed by atoms with Crippen LogP contribution in [0.4, 0.5) is 0 Å². The van der Waals surface area contributed by atoms with Gasteiger partial charge in [0, 0.05) is 18.6 Å². The smallest absolute Gasteiger partial charge is 0.0662 e. The SMILES string of the molecule is CCC(O)CNC1CCC(N)CC1. The molecule has 0 aromatic carbocycles. The van der Waals surface area contributed by atoms with Crippen LogP contribution in [0.1, 0.15) is 39.0 Å². The standard InChI is InChI=1S/C10H22N2O/c1-2-10(13)7-12-9-5-3-8(11)4-6-9/h8-10,12-13H,2-7,11H2,1H3. The Hall–Kier alpha value is -0.120. The molecule has 0 aromatic rings. The molecule has 78 valence electrons. The van der Waals surface area contributed by atoms with Crippen LogP contribution in [0.15, 0.2) is 0 Å². The topological polar surface area (TPSA) is 58.3 Å². The fourth-order valence-electron chi connectivity index (χ4n) is 1.77. The van der Waals surface area contributed by atoms with E-state index in [0.29, 0.717) is 12.1 Å². The minimum atomic E-state index is -0.185. The van der Waals surface area contributed by atoms with Gasteiger partial charge in [0.2, 0.25) is 0 Å². The molecule has 0 radical (unpaired) electrons. The third-order valence-electron chi connectivity index (χ3n) is 2.89. The third-order valence-corrected chi connectivity index (χ3v) is 2.89. The molecule has 0 amide bonds. The maximum Gasteiger partial charge on any atom is 0.0662 e. The van der Waals surface area contributed by atoms with E-state index in [1.807, 2.05) is 6.92 Å². The first kappa shape index (κ1) is 11.0. The van der Waals surface area contributed by atoms with Crippen LogP contribution in [-0.2, 0) is 0 Å². The molecule has 1 aliphatic rings. The van der Waals surface area contributed by atoms with E-state index >= 15 is 0 Å². The number of rotatable bonds is 4. The highest BCUT2D eigenvalue weighted by Gasteiger charge is 2.18. The van der Waals surface area contributed by atoms with Crippen molar-refractivity contribution in [1.29, 1.82) is 0 Å². The van der Waals surface area contributed by atoms with Crippen molar-refractivity contribution in [3.05, 3.63) is 0 Å². The van der Waals surface area contributed by atoms with Gasteiger partial charge in [-0.25, -0.2) is 0 Å². The van der Waals surface area contributed by atoms with Crippen molar-refractivity contribution in [3.8, 4) is 0 Å². The van der Waals surface area contributed by atoms with Gasteiger partial charge in [0.1, 0.15) is 0 Å². The maximum atomic E-state index is 9.35. The Balaban J connectivity index is 2.08. The summed E-state index contributed by atoms with van der Waals surface area (Å²) in [6.45, 7) is 2.74. The molecule has 4 N–H and O–H groups in total. The van der Waals surface area contributed by atoms with Crippen molar-refractivity contribution in [2.75, 3.05) is 6.54 Å². The first-order valence-electron chi connectivity index (χ1n) is 5.39. The minimum Gasteiger partial charge on any atom is -0.392 e. The van der Waals surface area contributed by atoms with Crippen molar-refractivity contribution < 1.29 is 5.11 Å². The predicted octanol–water partition coefficient (Wildman–Crippen LogP) is 0.617. The first-order chi connectivity index (χ1) is 6.22. The molecule has 1 unspecified atom stereocenters. The summed E-state index contributed by atoms with van der Waals surface area (Å²) in [5.41, 5.74) is 5.80. The molecule has 1 rings (SSSR count). The Morgan fingerprint density at radius 2 is 2.00 bits per heavy atom.